The van der Waals surface area contributed by atoms with Crippen LogP contribution in [0.3, 0.4) is 0 Å². The van der Waals surface area contributed by atoms with E-state index in [9.17, 15) is 0 Å². The van der Waals surface area contributed by atoms with Crippen LogP contribution in [0.4, 0.5) is 0 Å². The lowest BCUT2D eigenvalue weighted by atomic mass is 9.72. The fraction of sp³-hybridized carbons (Fsp3) is 1.00. The predicted octanol–water partition coefficient (Wildman–Crippen LogP) is 4.35. The largest absolute Gasteiger partial charge is 0.0625 e. The molecular weight excluding hydrogens is 168 g/mol. The molecule has 0 saturated heterocycles. The molecule has 2 rings (SSSR count). The highest BCUT2D eigenvalue weighted by Crippen LogP contribution is 2.61. The molecule has 0 heteroatoms. The van der Waals surface area contributed by atoms with Crippen LogP contribution in [-0.2, 0) is 0 Å². The van der Waals surface area contributed by atoms with Gasteiger partial charge in [-0.05, 0) is 54.3 Å². The second kappa shape index (κ2) is 3.25. The monoisotopic (exact) mass is 194 g/mol. The molecule has 0 aromatic heterocycles. The van der Waals surface area contributed by atoms with Crippen LogP contribution in [0, 0.1) is 35.0 Å². The molecule has 0 spiro atoms. The second-order valence-electron chi connectivity index (χ2n) is 7.03. The Morgan fingerprint density at radius 1 is 1.00 bits per heavy atom. The van der Waals surface area contributed by atoms with Crippen LogP contribution in [-0.4, -0.2) is 0 Å². The third kappa shape index (κ3) is 1.73. The van der Waals surface area contributed by atoms with Crippen LogP contribution in [0.15, 0.2) is 0 Å². The highest BCUT2D eigenvalue weighted by atomic mass is 14.6. The van der Waals surface area contributed by atoms with E-state index in [0.717, 1.165) is 29.6 Å². The van der Waals surface area contributed by atoms with E-state index in [4.69, 9.17) is 0 Å². The van der Waals surface area contributed by atoms with Crippen molar-refractivity contribution >= 4 is 0 Å². The Balaban J connectivity index is 1.94. The Morgan fingerprint density at radius 2 is 1.64 bits per heavy atom. The lowest BCUT2D eigenvalue weighted by molar-refractivity contribution is 0.173. The molecule has 2 fully saturated rings. The summed E-state index contributed by atoms with van der Waals surface area (Å²) in [7, 11) is 0. The highest BCUT2D eigenvalue weighted by Gasteiger charge is 2.54. The van der Waals surface area contributed by atoms with E-state index in [1.165, 1.54) is 19.3 Å². The Kier molecular flexibility index (Phi) is 2.44. The van der Waals surface area contributed by atoms with Gasteiger partial charge in [0.1, 0.15) is 0 Å². The minimum Gasteiger partial charge on any atom is -0.0625 e. The van der Waals surface area contributed by atoms with Gasteiger partial charge in [0.15, 0.2) is 0 Å². The van der Waals surface area contributed by atoms with Crippen molar-refractivity contribution in [3.63, 3.8) is 0 Å². The molecule has 0 N–H and O–H groups in total. The molecule has 2 saturated carbocycles. The summed E-state index contributed by atoms with van der Waals surface area (Å²) in [6.07, 6.45) is 4.54. The van der Waals surface area contributed by atoms with E-state index in [2.05, 4.69) is 34.6 Å². The Bertz CT molecular complexity index is 209. The molecule has 0 amide bonds. The van der Waals surface area contributed by atoms with Gasteiger partial charge in [-0.15, -0.1) is 0 Å². The van der Waals surface area contributed by atoms with Crippen LogP contribution >= 0.6 is 0 Å². The van der Waals surface area contributed by atoms with Crippen molar-refractivity contribution in [1.82, 2.24) is 0 Å². The summed E-state index contributed by atoms with van der Waals surface area (Å²) >= 11 is 0. The van der Waals surface area contributed by atoms with Gasteiger partial charge in [-0.25, -0.2) is 0 Å². The maximum atomic E-state index is 2.42. The molecule has 0 nitrogen and oxygen atoms in total. The van der Waals surface area contributed by atoms with Gasteiger partial charge in [0.05, 0.1) is 0 Å². The van der Waals surface area contributed by atoms with E-state index in [0.29, 0.717) is 5.41 Å². The van der Waals surface area contributed by atoms with Crippen molar-refractivity contribution in [3.8, 4) is 0 Å². The molecule has 0 heterocycles. The maximum absolute atomic E-state index is 2.42. The van der Waals surface area contributed by atoms with Gasteiger partial charge >= 0.3 is 0 Å². The van der Waals surface area contributed by atoms with Crippen molar-refractivity contribution in [3.05, 3.63) is 0 Å². The standard InChI is InChI=1S/C14H26/c1-9(2)13-11-7-6-10(8-12(11)13)14(3,4)5/h9-13H,6-8H2,1-5H3/t10?,11-,12+,13+/m1/s1. The molecule has 0 aromatic carbocycles. The van der Waals surface area contributed by atoms with Gasteiger partial charge in [-0.2, -0.15) is 0 Å². The average Bonchev–Trinajstić information content (AvgIpc) is 2.74. The third-order valence-electron chi connectivity index (χ3n) is 4.80. The van der Waals surface area contributed by atoms with Crippen LogP contribution in [0.1, 0.15) is 53.9 Å². The first-order valence-electron chi connectivity index (χ1n) is 6.41. The Morgan fingerprint density at radius 3 is 2.14 bits per heavy atom. The normalized spacial score (nSPS) is 42.4. The average molecular weight is 194 g/mol. The summed E-state index contributed by atoms with van der Waals surface area (Å²) < 4.78 is 0. The molecule has 0 radical (unpaired) electrons. The lowest BCUT2D eigenvalue weighted by Gasteiger charge is -2.33. The number of hydrogen-bond donors (Lipinski definition) is 0. The van der Waals surface area contributed by atoms with Crippen molar-refractivity contribution in [2.45, 2.75) is 53.9 Å². The quantitative estimate of drug-likeness (QED) is 0.582. The van der Waals surface area contributed by atoms with Crippen molar-refractivity contribution in [1.29, 1.82) is 0 Å². The smallest absolute Gasteiger partial charge is 0.0329 e. The number of rotatable bonds is 1. The van der Waals surface area contributed by atoms with Crippen LogP contribution in [0.25, 0.3) is 0 Å². The minimum absolute atomic E-state index is 0.551. The molecule has 2 aliphatic carbocycles. The van der Waals surface area contributed by atoms with Gasteiger partial charge in [0.25, 0.3) is 0 Å². The van der Waals surface area contributed by atoms with Crippen LogP contribution < -0.4 is 0 Å². The molecule has 4 atom stereocenters. The van der Waals surface area contributed by atoms with Gasteiger partial charge in [0, 0.05) is 0 Å². The zero-order valence-corrected chi connectivity index (χ0v) is 10.5. The van der Waals surface area contributed by atoms with Gasteiger partial charge < -0.3 is 0 Å². The van der Waals surface area contributed by atoms with E-state index >= 15 is 0 Å². The first kappa shape index (κ1) is 10.5. The molecule has 0 aromatic rings. The minimum atomic E-state index is 0.551. The highest BCUT2D eigenvalue weighted by molar-refractivity contribution is 5.03. The first-order chi connectivity index (χ1) is 6.41. The molecule has 82 valence electrons. The van der Waals surface area contributed by atoms with Gasteiger partial charge in [0.2, 0.25) is 0 Å². The van der Waals surface area contributed by atoms with E-state index in [-0.39, 0.29) is 0 Å². The number of fused-ring (bicyclic) bond motifs is 1. The second-order valence-corrected chi connectivity index (χ2v) is 7.03. The molecule has 0 aliphatic heterocycles. The van der Waals surface area contributed by atoms with E-state index < -0.39 is 0 Å². The fourth-order valence-electron chi connectivity index (χ4n) is 3.83. The Hall–Kier alpha value is 0. The summed E-state index contributed by atoms with van der Waals surface area (Å²) in [5.74, 6) is 5.24. The van der Waals surface area contributed by atoms with E-state index in [1.54, 1.807) is 0 Å². The van der Waals surface area contributed by atoms with Crippen molar-refractivity contribution < 1.29 is 0 Å². The molecule has 2 aliphatic rings. The summed E-state index contributed by atoms with van der Waals surface area (Å²) in [5, 5.41) is 0. The third-order valence-corrected chi connectivity index (χ3v) is 4.80. The topological polar surface area (TPSA) is 0 Å². The summed E-state index contributed by atoms with van der Waals surface area (Å²) in [6.45, 7) is 12.1. The number of hydrogen-bond acceptors (Lipinski definition) is 0. The summed E-state index contributed by atoms with van der Waals surface area (Å²) in [4.78, 5) is 0. The zero-order valence-electron chi connectivity index (χ0n) is 10.5. The first-order valence-corrected chi connectivity index (χ1v) is 6.41. The fourth-order valence-corrected chi connectivity index (χ4v) is 3.83. The zero-order chi connectivity index (χ0) is 10.5. The molecule has 14 heavy (non-hydrogen) atoms. The summed E-state index contributed by atoms with van der Waals surface area (Å²) in [5.41, 5.74) is 0.551. The SMILES string of the molecule is CC(C)[C@H]1[C@@H]2CCC(C(C)(C)C)C[C@@H]21. The predicted molar refractivity (Wildman–Crippen MR) is 62.1 cm³/mol. The van der Waals surface area contributed by atoms with Crippen molar-refractivity contribution in [2.24, 2.45) is 35.0 Å². The molecule has 0 bridgehead atoms. The molecular formula is C14H26. The van der Waals surface area contributed by atoms with Crippen LogP contribution in [0.2, 0.25) is 0 Å². The van der Waals surface area contributed by atoms with Gasteiger partial charge in [-0.1, -0.05) is 34.6 Å². The maximum Gasteiger partial charge on any atom is -0.0329 e. The Labute approximate surface area is 89.5 Å². The summed E-state index contributed by atoms with van der Waals surface area (Å²) in [6, 6.07) is 0. The van der Waals surface area contributed by atoms with Crippen molar-refractivity contribution in [2.75, 3.05) is 0 Å². The lowest BCUT2D eigenvalue weighted by Crippen LogP contribution is -2.23. The van der Waals surface area contributed by atoms with Gasteiger partial charge in [-0.3, -0.25) is 0 Å². The molecule has 1 unspecified atom stereocenters. The van der Waals surface area contributed by atoms with E-state index in [1.807, 2.05) is 0 Å². The van der Waals surface area contributed by atoms with Crippen LogP contribution in [0.5, 0.6) is 0 Å².